The van der Waals surface area contributed by atoms with Gasteiger partial charge in [-0.25, -0.2) is 9.78 Å². The van der Waals surface area contributed by atoms with Crippen molar-refractivity contribution in [3.63, 3.8) is 0 Å². The number of anilines is 1. The van der Waals surface area contributed by atoms with Crippen molar-refractivity contribution in [2.45, 2.75) is 0 Å². The molecule has 16 heavy (non-hydrogen) atoms. The summed E-state index contributed by atoms with van der Waals surface area (Å²) in [7, 11) is 0. The molecular formula is C10H9BrN2O2S. The maximum absolute atomic E-state index is 11.0. The van der Waals surface area contributed by atoms with E-state index in [0.29, 0.717) is 10.7 Å². The molecular weight excluding hydrogens is 292 g/mol. The molecule has 0 aliphatic rings. The molecule has 0 aliphatic heterocycles. The molecule has 4 N–H and O–H groups in total. The maximum Gasteiger partial charge on any atom is 0.336 e. The van der Waals surface area contributed by atoms with Gasteiger partial charge in [0.1, 0.15) is 5.69 Å². The van der Waals surface area contributed by atoms with E-state index in [9.17, 15) is 4.79 Å². The lowest BCUT2D eigenvalue weighted by Crippen LogP contribution is -3.00. The van der Waals surface area contributed by atoms with E-state index < -0.39 is 5.97 Å². The van der Waals surface area contributed by atoms with Gasteiger partial charge in [-0.2, -0.15) is 0 Å². The predicted octanol–water partition coefficient (Wildman–Crippen LogP) is -1.49. The van der Waals surface area contributed by atoms with E-state index in [-0.39, 0.29) is 22.5 Å². The number of aromatic carboxylic acids is 1. The van der Waals surface area contributed by atoms with E-state index in [1.807, 2.05) is 0 Å². The number of aromatic nitrogens is 1. The van der Waals surface area contributed by atoms with Gasteiger partial charge in [-0.05, 0) is 12.1 Å². The number of nitrogen functional groups attached to an aromatic ring is 1. The number of aromatic amines is 1. The summed E-state index contributed by atoms with van der Waals surface area (Å²) in [6.45, 7) is 0. The number of hydrogen-bond donors (Lipinski definition) is 2. The molecule has 0 unspecified atom stereocenters. The standard InChI is InChI=1S/C10H8N2O2S.BrH/c11-10-12-8(5-15-10)6-3-1-2-4-7(6)9(13)14;/h1-5H,(H2,11,12)(H,13,14);1H. The van der Waals surface area contributed by atoms with Gasteiger partial charge in [-0.3, -0.25) is 5.73 Å². The molecule has 0 fully saturated rings. The van der Waals surface area contributed by atoms with Crippen LogP contribution in [0.15, 0.2) is 29.6 Å². The van der Waals surface area contributed by atoms with Crippen molar-refractivity contribution in [1.82, 2.24) is 0 Å². The Morgan fingerprint density at radius 3 is 2.62 bits per heavy atom. The molecule has 6 heteroatoms. The van der Waals surface area contributed by atoms with Crippen LogP contribution >= 0.6 is 11.3 Å². The number of hydrogen-bond acceptors (Lipinski definition) is 3. The number of benzene rings is 1. The minimum absolute atomic E-state index is 0. The highest BCUT2D eigenvalue weighted by molar-refractivity contribution is 7.13. The molecule has 1 aromatic heterocycles. The maximum atomic E-state index is 11.0. The van der Waals surface area contributed by atoms with Crippen molar-refractivity contribution < 1.29 is 31.9 Å². The van der Waals surface area contributed by atoms with E-state index in [1.54, 1.807) is 29.6 Å². The molecule has 0 spiro atoms. The van der Waals surface area contributed by atoms with Crippen molar-refractivity contribution in [3.8, 4) is 11.3 Å². The SMILES string of the molecule is Nc1[nH+]c(-c2ccccc2C(=O)O)cs1.[Br-]. The van der Waals surface area contributed by atoms with E-state index in [4.69, 9.17) is 10.8 Å². The normalized spacial score (nSPS) is 9.50. The fraction of sp³-hybridized carbons (Fsp3) is 0. The zero-order valence-corrected chi connectivity index (χ0v) is 10.5. The van der Waals surface area contributed by atoms with Gasteiger partial charge in [-0.1, -0.05) is 23.5 Å². The number of nitrogens with one attached hydrogen (secondary N) is 1. The largest absolute Gasteiger partial charge is 1.00 e. The zero-order valence-electron chi connectivity index (χ0n) is 8.11. The molecule has 0 bridgehead atoms. The van der Waals surface area contributed by atoms with E-state index in [1.165, 1.54) is 11.3 Å². The van der Waals surface area contributed by atoms with Crippen molar-refractivity contribution in [1.29, 1.82) is 0 Å². The summed E-state index contributed by atoms with van der Waals surface area (Å²) < 4.78 is 0. The summed E-state index contributed by atoms with van der Waals surface area (Å²) in [5.74, 6) is -0.941. The number of rotatable bonds is 2. The quantitative estimate of drug-likeness (QED) is 0.710. The lowest BCUT2D eigenvalue weighted by atomic mass is 10.1. The minimum atomic E-state index is -0.941. The van der Waals surface area contributed by atoms with Gasteiger partial charge >= 0.3 is 11.1 Å². The Labute approximate surface area is 107 Å². The molecule has 0 amide bonds. The van der Waals surface area contributed by atoms with Crippen molar-refractivity contribution in [2.24, 2.45) is 0 Å². The van der Waals surface area contributed by atoms with Gasteiger partial charge < -0.3 is 22.1 Å². The van der Waals surface area contributed by atoms with Crippen LogP contribution in [-0.4, -0.2) is 11.1 Å². The van der Waals surface area contributed by atoms with Crippen LogP contribution < -0.4 is 27.7 Å². The van der Waals surface area contributed by atoms with E-state index in [2.05, 4.69) is 4.98 Å². The number of nitrogens with two attached hydrogens (primary N) is 1. The summed E-state index contributed by atoms with van der Waals surface area (Å²) in [5, 5.41) is 11.4. The Hall–Kier alpha value is -1.40. The summed E-state index contributed by atoms with van der Waals surface area (Å²) >= 11 is 1.35. The highest BCUT2D eigenvalue weighted by Crippen LogP contribution is 2.22. The fourth-order valence-electron chi connectivity index (χ4n) is 1.35. The van der Waals surface area contributed by atoms with Crippen molar-refractivity contribution in [2.75, 3.05) is 5.73 Å². The van der Waals surface area contributed by atoms with Crippen LogP contribution in [0.2, 0.25) is 0 Å². The van der Waals surface area contributed by atoms with Crippen LogP contribution in [0.25, 0.3) is 11.3 Å². The van der Waals surface area contributed by atoms with Crippen molar-refractivity contribution >= 4 is 22.4 Å². The van der Waals surface area contributed by atoms with Gasteiger partial charge in [0, 0.05) is 10.9 Å². The van der Waals surface area contributed by atoms with Gasteiger partial charge in [0.2, 0.25) is 0 Å². The lowest BCUT2D eigenvalue weighted by molar-refractivity contribution is -0.340. The Morgan fingerprint density at radius 2 is 2.06 bits per heavy atom. The third-order valence-electron chi connectivity index (χ3n) is 2.01. The molecule has 2 aromatic rings. The molecule has 0 atom stereocenters. The second kappa shape index (κ2) is 5.09. The zero-order chi connectivity index (χ0) is 10.8. The monoisotopic (exact) mass is 300 g/mol. The number of thiazole rings is 1. The van der Waals surface area contributed by atoms with Crippen LogP contribution in [0.3, 0.4) is 0 Å². The first-order valence-electron chi connectivity index (χ1n) is 4.27. The first-order valence-corrected chi connectivity index (χ1v) is 5.15. The highest BCUT2D eigenvalue weighted by atomic mass is 79.9. The van der Waals surface area contributed by atoms with Crippen molar-refractivity contribution in [3.05, 3.63) is 35.2 Å². The topological polar surface area (TPSA) is 77.5 Å². The Kier molecular flexibility index (Phi) is 4.03. The molecule has 2 rings (SSSR count). The molecule has 1 heterocycles. The van der Waals surface area contributed by atoms with Gasteiger partial charge in [0.25, 0.3) is 0 Å². The lowest BCUT2D eigenvalue weighted by Gasteiger charge is -1.99. The average molecular weight is 301 g/mol. The molecule has 4 nitrogen and oxygen atoms in total. The number of carbonyl (C=O) groups is 1. The Balaban J connectivity index is 0.00000128. The molecule has 0 radical (unpaired) electrons. The number of carboxylic acid groups (broad SMARTS) is 1. The first-order chi connectivity index (χ1) is 7.18. The van der Waals surface area contributed by atoms with Gasteiger partial charge in [0.05, 0.1) is 5.56 Å². The highest BCUT2D eigenvalue weighted by Gasteiger charge is 2.14. The van der Waals surface area contributed by atoms with E-state index in [0.717, 1.165) is 5.69 Å². The molecule has 1 aromatic carbocycles. The third kappa shape index (κ3) is 2.40. The van der Waals surface area contributed by atoms with Crippen LogP contribution in [0, 0.1) is 0 Å². The average Bonchev–Trinajstić information content (AvgIpc) is 2.65. The van der Waals surface area contributed by atoms with Crippen LogP contribution in [0.5, 0.6) is 0 Å². The van der Waals surface area contributed by atoms with Crippen LogP contribution in [0.4, 0.5) is 5.13 Å². The summed E-state index contributed by atoms with van der Waals surface area (Å²) in [6, 6.07) is 6.81. The van der Waals surface area contributed by atoms with Gasteiger partial charge in [0.15, 0.2) is 0 Å². The summed E-state index contributed by atoms with van der Waals surface area (Å²) in [5.41, 5.74) is 7.21. The first kappa shape index (κ1) is 12.7. The van der Waals surface area contributed by atoms with E-state index >= 15 is 0 Å². The summed E-state index contributed by atoms with van der Waals surface area (Å²) in [6.07, 6.45) is 0. The molecule has 0 saturated carbocycles. The van der Waals surface area contributed by atoms with Gasteiger partial charge in [-0.15, -0.1) is 0 Å². The Bertz CT molecular complexity index is 513. The Morgan fingerprint density at radius 1 is 1.38 bits per heavy atom. The van der Waals surface area contributed by atoms with Crippen LogP contribution in [-0.2, 0) is 0 Å². The second-order valence-electron chi connectivity index (χ2n) is 2.99. The number of carboxylic acids is 1. The summed E-state index contributed by atoms with van der Waals surface area (Å²) in [4.78, 5) is 13.9. The third-order valence-corrected chi connectivity index (χ3v) is 2.72. The number of H-pyrrole nitrogens is 1. The predicted molar refractivity (Wildman–Crippen MR) is 57.7 cm³/mol. The molecule has 84 valence electrons. The second-order valence-corrected chi connectivity index (χ2v) is 3.90. The smallest absolute Gasteiger partial charge is 0.336 e. The molecule has 0 saturated heterocycles. The molecule has 0 aliphatic carbocycles. The fourth-order valence-corrected chi connectivity index (χ4v) is 1.95. The minimum Gasteiger partial charge on any atom is -1.00 e. The van der Waals surface area contributed by atoms with Crippen LogP contribution in [0.1, 0.15) is 10.4 Å². The number of halogens is 1.